The number of morpholine rings is 1. The number of nitrogens with zero attached hydrogens (tertiary/aromatic N) is 2. The maximum absolute atomic E-state index is 13.7. The van der Waals surface area contributed by atoms with E-state index in [1.54, 1.807) is 12.1 Å². The first-order chi connectivity index (χ1) is 16.1. The molecule has 1 N–H and O–H groups in total. The van der Waals surface area contributed by atoms with Crippen molar-refractivity contribution in [3.63, 3.8) is 0 Å². The van der Waals surface area contributed by atoms with Crippen molar-refractivity contribution >= 4 is 41.0 Å². The molecular formula is C26H24Cl2FN3O. The number of ether oxygens (including phenoxy) is 1. The Balaban J connectivity index is 1.58. The average molecular weight is 484 g/mol. The van der Waals surface area contributed by atoms with Crippen LogP contribution in [0.15, 0.2) is 54.9 Å². The van der Waals surface area contributed by atoms with Gasteiger partial charge < -0.3 is 15.0 Å². The Morgan fingerprint density at radius 1 is 1.09 bits per heavy atom. The third kappa shape index (κ3) is 5.07. The molecule has 170 valence electrons. The number of anilines is 1. The zero-order valence-electron chi connectivity index (χ0n) is 18.0. The Bertz CT molecular complexity index is 1170. The first-order valence-electron chi connectivity index (χ1n) is 11.0. The number of fused-ring (bicyclic) bond motifs is 1. The molecule has 2 aliphatic rings. The lowest BCUT2D eigenvalue weighted by atomic mass is 9.96. The molecule has 0 bridgehead atoms. The number of nitrogens with one attached hydrogen (secondary N) is 1. The predicted molar refractivity (Wildman–Crippen MR) is 133 cm³/mol. The predicted octanol–water partition coefficient (Wildman–Crippen LogP) is 5.93. The van der Waals surface area contributed by atoms with Crippen LogP contribution in [0.3, 0.4) is 0 Å². The van der Waals surface area contributed by atoms with Crippen molar-refractivity contribution in [1.29, 1.82) is 0 Å². The van der Waals surface area contributed by atoms with E-state index in [0.717, 1.165) is 54.0 Å². The molecule has 0 saturated carbocycles. The van der Waals surface area contributed by atoms with Gasteiger partial charge in [0.2, 0.25) is 0 Å². The lowest BCUT2D eigenvalue weighted by molar-refractivity contribution is -0.00901. The van der Waals surface area contributed by atoms with Crippen molar-refractivity contribution in [3.8, 4) is 11.1 Å². The van der Waals surface area contributed by atoms with E-state index >= 15 is 0 Å². The van der Waals surface area contributed by atoms with Crippen molar-refractivity contribution in [2.45, 2.75) is 18.6 Å². The van der Waals surface area contributed by atoms with Gasteiger partial charge in [0, 0.05) is 59.2 Å². The molecule has 1 aromatic heterocycles. The fourth-order valence-corrected chi connectivity index (χ4v) is 5.16. The summed E-state index contributed by atoms with van der Waals surface area (Å²) in [6.45, 7) is 3.26. The van der Waals surface area contributed by atoms with Gasteiger partial charge >= 0.3 is 0 Å². The minimum atomic E-state index is -0.262. The molecule has 2 atom stereocenters. The van der Waals surface area contributed by atoms with Crippen LogP contribution in [0.1, 0.15) is 17.5 Å². The highest BCUT2D eigenvalue weighted by atomic mass is 35.5. The number of rotatable bonds is 4. The molecule has 0 aliphatic carbocycles. The molecule has 2 aliphatic heterocycles. The summed E-state index contributed by atoms with van der Waals surface area (Å²) >= 11 is 12.7. The number of pyridine rings is 1. The highest BCUT2D eigenvalue weighted by Gasteiger charge is 2.33. The number of halogens is 3. The molecule has 2 saturated heterocycles. The highest BCUT2D eigenvalue weighted by Crippen LogP contribution is 2.38. The number of piperidine rings is 1. The van der Waals surface area contributed by atoms with E-state index < -0.39 is 0 Å². The van der Waals surface area contributed by atoms with Crippen LogP contribution in [-0.2, 0) is 4.74 Å². The number of benzene rings is 2. The van der Waals surface area contributed by atoms with Gasteiger partial charge in [-0.1, -0.05) is 47.5 Å². The van der Waals surface area contributed by atoms with Gasteiger partial charge in [-0.15, -0.1) is 0 Å². The van der Waals surface area contributed by atoms with Crippen LogP contribution in [0.5, 0.6) is 0 Å². The molecule has 2 aromatic carbocycles. The van der Waals surface area contributed by atoms with E-state index in [2.05, 4.69) is 15.2 Å². The summed E-state index contributed by atoms with van der Waals surface area (Å²) in [4.78, 5) is 6.86. The number of hydrogen-bond acceptors (Lipinski definition) is 4. The van der Waals surface area contributed by atoms with Crippen molar-refractivity contribution in [2.75, 3.05) is 31.1 Å². The minimum Gasteiger partial charge on any atom is -0.373 e. The third-order valence-corrected chi connectivity index (χ3v) is 6.58. The Morgan fingerprint density at radius 2 is 1.94 bits per heavy atom. The highest BCUT2D eigenvalue weighted by molar-refractivity contribution is 6.35. The molecular weight excluding hydrogens is 460 g/mol. The topological polar surface area (TPSA) is 37.4 Å². The van der Waals surface area contributed by atoms with Crippen LogP contribution in [0.25, 0.3) is 23.3 Å². The molecule has 0 amide bonds. The van der Waals surface area contributed by atoms with Crippen LogP contribution < -0.4 is 10.2 Å². The molecule has 0 spiro atoms. The second-order valence-corrected chi connectivity index (χ2v) is 9.25. The number of hydrogen-bond donors (Lipinski definition) is 1. The summed E-state index contributed by atoms with van der Waals surface area (Å²) in [7, 11) is 0. The third-order valence-electron chi connectivity index (χ3n) is 6.14. The van der Waals surface area contributed by atoms with Gasteiger partial charge in [0.05, 0.1) is 18.4 Å². The maximum Gasteiger partial charge on any atom is 0.123 e. The Kier molecular flexibility index (Phi) is 6.65. The summed E-state index contributed by atoms with van der Waals surface area (Å²) in [5, 5.41) is 4.72. The van der Waals surface area contributed by atoms with E-state index in [9.17, 15) is 4.39 Å². The van der Waals surface area contributed by atoms with E-state index in [1.165, 1.54) is 12.1 Å². The van der Waals surface area contributed by atoms with Gasteiger partial charge in [0.1, 0.15) is 5.82 Å². The Labute approximate surface area is 203 Å². The van der Waals surface area contributed by atoms with E-state index in [4.69, 9.17) is 27.9 Å². The number of aromatic nitrogens is 1. The van der Waals surface area contributed by atoms with Crippen LogP contribution in [-0.4, -0.2) is 43.4 Å². The molecule has 3 aromatic rings. The summed E-state index contributed by atoms with van der Waals surface area (Å²) < 4.78 is 19.8. The quantitative estimate of drug-likeness (QED) is 0.498. The first-order valence-corrected chi connectivity index (χ1v) is 11.8. The summed E-state index contributed by atoms with van der Waals surface area (Å²) in [6, 6.07) is 12.4. The van der Waals surface area contributed by atoms with Gasteiger partial charge in [-0.25, -0.2) is 4.39 Å². The van der Waals surface area contributed by atoms with Crippen LogP contribution >= 0.6 is 23.2 Å². The van der Waals surface area contributed by atoms with Crippen LogP contribution in [0.4, 0.5) is 10.1 Å². The summed E-state index contributed by atoms with van der Waals surface area (Å²) in [5.74, 6) is -0.262. The molecule has 0 unspecified atom stereocenters. The fourth-order valence-electron chi connectivity index (χ4n) is 4.64. The van der Waals surface area contributed by atoms with Gasteiger partial charge in [-0.3, -0.25) is 4.98 Å². The normalized spacial score (nSPS) is 20.8. The molecule has 4 nitrogen and oxygen atoms in total. The molecule has 2 fully saturated rings. The monoisotopic (exact) mass is 483 g/mol. The van der Waals surface area contributed by atoms with Crippen molar-refractivity contribution in [1.82, 2.24) is 10.3 Å². The second kappa shape index (κ2) is 9.82. The fraction of sp³-hybridized carbons (Fsp3) is 0.269. The smallest absolute Gasteiger partial charge is 0.123 e. The molecule has 3 heterocycles. The minimum absolute atomic E-state index is 0.122. The Morgan fingerprint density at radius 3 is 2.76 bits per heavy atom. The first kappa shape index (κ1) is 22.4. The zero-order valence-corrected chi connectivity index (χ0v) is 19.5. The lowest BCUT2D eigenvalue weighted by Gasteiger charge is -2.43. The summed E-state index contributed by atoms with van der Waals surface area (Å²) in [6.07, 6.45) is 8.69. The molecule has 5 rings (SSSR count). The van der Waals surface area contributed by atoms with Crippen LogP contribution in [0.2, 0.25) is 10.0 Å². The average Bonchev–Trinajstić information content (AvgIpc) is 2.81. The van der Waals surface area contributed by atoms with Crippen molar-refractivity contribution in [2.24, 2.45) is 0 Å². The maximum atomic E-state index is 13.7. The van der Waals surface area contributed by atoms with Crippen molar-refractivity contribution in [3.05, 3.63) is 81.8 Å². The van der Waals surface area contributed by atoms with E-state index in [0.29, 0.717) is 22.7 Å². The summed E-state index contributed by atoms with van der Waals surface area (Å²) in [5.41, 5.74) is 4.62. The van der Waals surface area contributed by atoms with Gasteiger partial charge in [0.15, 0.2) is 0 Å². The SMILES string of the molecule is Fc1cccc(/C=C/c2cncc(-c3cc(Cl)cc(Cl)c3)c2N2CC[C@@H]3NCCO[C@H]3C2)c1. The lowest BCUT2D eigenvalue weighted by Crippen LogP contribution is -2.58. The van der Waals surface area contributed by atoms with Crippen LogP contribution in [0, 0.1) is 5.82 Å². The van der Waals surface area contributed by atoms with E-state index in [-0.39, 0.29) is 11.9 Å². The van der Waals surface area contributed by atoms with Crippen molar-refractivity contribution < 1.29 is 9.13 Å². The van der Waals surface area contributed by atoms with Gasteiger partial charge in [-0.05, 0) is 47.9 Å². The molecule has 0 radical (unpaired) electrons. The molecule has 7 heteroatoms. The zero-order chi connectivity index (χ0) is 22.8. The largest absolute Gasteiger partial charge is 0.373 e. The van der Waals surface area contributed by atoms with Gasteiger partial charge in [-0.2, -0.15) is 0 Å². The van der Waals surface area contributed by atoms with Gasteiger partial charge in [0.25, 0.3) is 0 Å². The van der Waals surface area contributed by atoms with E-state index in [1.807, 2.05) is 42.7 Å². The second-order valence-electron chi connectivity index (χ2n) is 8.38. The Hall–Kier alpha value is -2.44. The molecule has 33 heavy (non-hydrogen) atoms. The standard InChI is InChI=1S/C26H24Cl2FN3O/c27-20-11-19(12-21(28)13-20)23-15-30-14-18(5-4-17-2-1-3-22(29)10-17)26(23)32-8-6-24-25(16-32)33-9-7-31-24/h1-5,10-15,24-25,31H,6-9,16H2/b5-4+/t24-,25-/m0/s1.